The highest BCUT2D eigenvalue weighted by Crippen LogP contribution is 2.40. The molecule has 0 saturated carbocycles. The number of aromatic nitrogens is 2. The minimum atomic E-state index is -3.93. The van der Waals surface area contributed by atoms with E-state index in [0.717, 1.165) is 33.5 Å². The quantitative estimate of drug-likeness (QED) is 0.388. The zero-order valence-corrected chi connectivity index (χ0v) is 19.2. The Morgan fingerprint density at radius 2 is 1.84 bits per heavy atom. The summed E-state index contributed by atoms with van der Waals surface area (Å²) in [7, 11) is -3.93. The first-order chi connectivity index (χ1) is 15.3. The maximum absolute atomic E-state index is 12.7. The topological polar surface area (TPSA) is 70.4 Å². The number of benzene rings is 3. The zero-order chi connectivity index (χ0) is 22.5. The first kappa shape index (κ1) is 21.0. The molecule has 6 nitrogen and oxygen atoms in total. The van der Waals surface area contributed by atoms with Crippen LogP contribution in [0.1, 0.15) is 11.1 Å². The van der Waals surface area contributed by atoms with Crippen LogP contribution in [0.15, 0.2) is 65.6 Å². The molecule has 5 rings (SSSR count). The molecular formula is C24H21ClN2O4S. The van der Waals surface area contributed by atoms with Crippen molar-refractivity contribution in [1.29, 1.82) is 0 Å². The van der Waals surface area contributed by atoms with Gasteiger partial charge in [0, 0.05) is 0 Å². The summed E-state index contributed by atoms with van der Waals surface area (Å²) in [5.41, 5.74) is 4.63. The first-order valence-electron chi connectivity index (χ1n) is 10.2. The zero-order valence-electron chi connectivity index (χ0n) is 17.6. The van der Waals surface area contributed by atoms with Gasteiger partial charge in [0.25, 0.3) is 10.1 Å². The van der Waals surface area contributed by atoms with Crippen molar-refractivity contribution in [2.75, 3.05) is 6.61 Å². The molecule has 1 aromatic heterocycles. The number of aryl methyl sites for hydroxylation is 2. The van der Waals surface area contributed by atoms with Crippen LogP contribution in [0.4, 0.5) is 0 Å². The van der Waals surface area contributed by atoms with Gasteiger partial charge in [-0.15, -0.1) is 0 Å². The molecule has 0 N–H and O–H groups in total. The van der Waals surface area contributed by atoms with Crippen molar-refractivity contribution in [2.24, 2.45) is 0 Å². The van der Waals surface area contributed by atoms with Gasteiger partial charge in [-0.2, -0.15) is 8.42 Å². The van der Waals surface area contributed by atoms with E-state index in [0.29, 0.717) is 17.3 Å². The third-order valence-electron chi connectivity index (χ3n) is 5.58. The van der Waals surface area contributed by atoms with E-state index in [-0.39, 0.29) is 11.5 Å². The van der Waals surface area contributed by atoms with Crippen LogP contribution in [-0.2, 0) is 20.8 Å². The van der Waals surface area contributed by atoms with Gasteiger partial charge in [0.1, 0.15) is 24.3 Å². The number of imidazole rings is 1. The van der Waals surface area contributed by atoms with Gasteiger partial charge < -0.3 is 9.30 Å². The minimum absolute atomic E-state index is 0.111. The van der Waals surface area contributed by atoms with Crippen molar-refractivity contribution in [1.82, 2.24) is 9.55 Å². The number of hydrogen-bond acceptors (Lipinski definition) is 5. The third-order valence-corrected chi connectivity index (χ3v) is 7.17. The second-order valence-corrected chi connectivity index (χ2v) is 9.92. The van der Waals surface area contributed by atoms with E-state index >= 15 is 0 Å². The lowest BCUT2D eigenvalue weighted by atomic mass is 10.2. The minimum Gasteiger partial charge on any atom is -0.484 e. The van der Waals surface area contributed by atoms with E-state index in [4.69, 9.17) is 25.5 Å². The smallest absolute Gasteiger partial charge is 0.297 e. The van der Waals surface area contributed by atoms with Crippen LogP contribution in [0.2, 0.25) is 5.02 Å². The normalized spacial score (nSPS) is 15.7. The van der Waals surface area contributed by atoms with Crippen LogP contribution in [0.5, 0.6) is 5.75 Å². The Balaban J connectivity index is 1.53. The first-order valence-corrected chi connectivity index (χ1v) is 12.0. The van der Waals surface area contributed by atoms with Crippen molar-refractivity contribution < 1.29 is 17.3 Å². The molecule has 0 saturated heterocycles. The third kappa shape index (κ3) is 3.66. The van der Waals surface area contributed by atoms with Crippen LogP contribution in [0.3, 0.4) is 0 Å². The van der Waals surface area contributed by atoms with Gasteiger partial charge in [0.05, 0.1) is 33.1 Å². The standard InChI is InChI=1S/C24H21ClN2O4S/c1-15-9-11-18(12-10-15)32(28,29)30-14-17-13-27-21-8-3-5-16(2)22(21)26-24(27)19-6-4-7-20(25)23(19)31-17/h3-12,17H,13-14H2,1-2H3. The number of hydrogen-bond donors (Lipinski definition) is 0. The SMILES string of the molecule is Cc1ccc(S(=O)(=O)OCC2Cn3c(nc4c(C)cccc43)-c3cccc(Cl)c3O2)cc1. The van der Waals surface area contributed by atoms with E-state index in [2.05, 4.69) is 0 Å². The Morgan fingerprint density at radius 3 is 2.62 bits per heavy atom. The molecule has 0 aliphatic carbocycles. The lowest BCUT2D eigenvalue weighted by molar-refractivity contribution is 0.121. The molecule has 32 heavy (non-hydrogen) atoms. The summed E-state index contributed by atoms with van der Waals surface area (Å²) in [4.78, 5) is 4.97. The molecule has 0 spiro atoms. The number of fused-ring (bicyclic) bond motifs is 5. The highest BCUT2D eigenvalue weighted by Gasteiger charge is 2.29. The predicted octanol–water partition coefficient (Wildman–Crippen LogP) is 5.14. The number of rotatable bonds is 4. The molecule has 0 radical (unpaired) electrons. The van der Waals surface area contributed by atoms with Crippen LogP contribution in [-0.4, -0.2) is 30.7 Å². The second kappa shape index (κ2) is 7.92. The maximum Gasteiger partial charge on any atom is 0.297 e. The van der Waals surface area contributed by atoms with Crippen molar-refractivity contribution >= 4 is 32.8 Å². The van der Waals surface area contributed by atoms with Crippen LogP contribution < -0.4 is 4.74 Å². The second-order valence-electron chi connectivity index (χ2n) is 7.90. The van der Waals surface area contributed by atoms with E-state index in [1.54, 1.807) is 18.2 Å². The lowest BCUT2D eigenvalue weighted by Gasteiger charge is -2.19. The van der Waals surface area contributed by atoms with Gasteiger partial charge in [-0.05, 0) is 49.7 Å². The van der Waals surface area contributed by atoms with Crippen molar-refractivity contribution in [3.8, 4) is 17.1 Å². The molecule has 0 bridgehead atoms. The summed E-state index contributed by atoms with van der Waals surface area (Å²) in [6.45, 7) is 4.11. The van der Waals surface area contributed by atoms with Gasteiger partial charge >= 0.3 is 0 Å². The van der Waals surface area contributed by atoms with Crippen LogP contribution >= 0.6 is 11.6 Å². The predicted molar refractivity (Wildman–Crippen MR) is 124 cm³/mol. The number of nitrogens with zero attached hydrogens (tertiary/aromatic N) is 2. The molecular weight excluding hydrogens is 448 g/mol. The molecule has 2 heterocycles. The summed E-state index contributed by atoms with van der Waals surface area (Å²) in [6, 6.07) is 18.0. The number of halogens is 1. The summed E-state index contributed by atoms with van der Waals surface area (Å²) < 4.78 is 39.0. The average Bonchev–Trinajstić information content (AvgIpc) is 3.05. The fourth-order valence-corrected chi connectivity index (χ4v) is 5.07. The maximum atomic E-state index is 12.7. The Morgan fingerprint density at radius 1 is 1.09 bits per heavy atom. The summed E-state index contributed by atoms with van der Waals surface area (Å²) >= 11 is 6.46. The van der Waals surface area contributed by atoms with Gasteiger partial charge in [-0.3, -0.25) is 4.18 Å². The Kier molecular flexibility index (Phi) is 5.20. The number of para-hydroxylation sites is 2. The summed E-state index contributed by atoms with van der Waals surface area (Å²) in [6.07, 6.45) is -0.590. The molecule has 164 valence electrons. The van der Waals surface area contributed by atoms with E-state index in [9.17, 15) is 8.42 Å². The molecule has 0 fully saturated rings. The highest BCUT2D eigenvalue weighted by molar-refractivity contribution is 7.86. The fraction of sp³-hybridized carbons (Fsp3) is 0.208. The van der Waals surface area contributed by atoms with Crippen LogP contribution in [0.25, 0.3) is 22.4 Å². The van der Waals surface area contributed by atoms with Crippen molar-refractivity contribution in [3.05, 3.63) is 76.8 Å². The van der Waals surface area contributed by atoms with Gasteiger partial charge in [-0.1, -0.05) is 47.5 Å². The average molecular weight is 469 g/mol. The molecule has 1 aliphatic heterocycles. The van der Waals surface area contributed by atoms with E-state index in [1.165, 1.54) is 12.1 Å². The molecule has 3 aromatic carbocycles. The van der Waals surface area contributed by atoms with Crippen molar-refractivity contribution in [2.45, 2.75) is 31.4 Å². The van der Waals surface area contributed by atoms with Crippen molar-refractivity contribution in [3.63, 3.8) is 0 Å². The highest BCUT2D eigenvalue weighted by atomic mass is 35.5. The monoisotopic (exact) mass is 468 g/mol. The molecule has 1 aliphatic rings. The summed E-state index contributed by atoms with van der Waals surface area (Å²) in [5.74, 6) is 1.21. The molecule has 0 amide bonds. The van der Waals surface area contributed by atoms with E-state index < -0.39 is 16.2 Å². The van der Waals surface area contributed by atoms with Gasteiger partial charge in [0.15, 0.2) is 0 Å². The summed E-state index contributed by atoms with van der Waals surface area (Å²) in [5, 5.41) is 0.436. The van der Waals surface area contributed by atoms with Gasteiger partial charge in [-0.25, -0.2) is 4.98 Å². The molecule has 1 atom stereocenters. The van der Waals surface area contributed by atoms with Crippen LogP contribution in [0, 0.1) is 13.8 Å². The Hall–Kier alpha value is -2.87. The fourth-order valence-electron chi connectivity index (χ4n) is 3.91. The molecule has 1 unspecified atom stereocenters. The lowest BCUT2D eigenvalue weighted by Crippen LogP contribution is -2.29. The number of ether oxygens (including phenoxy) is 1. The Bertz CT molecular complexity index is 1430. The molecule has 8 heteroatoms. The largest absolute Gasteiger partial charge is 0.484 e. The van der Waals surface area contributed by atoms with E-state index in [1.807, 2.05) is 48.7 Å². The molecule has 4 aromatic rings. The van der Waals surface area contributed by atoms with Gasteiger partial charge in [0.2, 0.25) is 0 Å². The Labute approximate surface area is 191 Å².